The number of hydrogen-bond acceptors (Lipinski definition) is 2. The van der Waals surface area contributed by atoms with Crippen LogP contribution in [-0.4, -0.2) is 7.11 Å². The minimum atomic E-state index is 0.433. The van der Waals surface area contributed by atoms with E-state index in [1.54, 1.807) is 7.11 Å². The van der Waals surface area contributed by atoms with E-state index >= 15 is 0 Å². The summed E-state index contributed by atoms with van der Waals surface area (Å²) < 4.78 is 11.0. The molecule has 2 aromatic carbocycles. The molecule has 0 bridgehead atoms. The highest BCUT2D eigenvalue weighted by atomic mass is 35.5. The smallest absolute Gasteiger partial charge is 0.161 e. The fourth-order valence-corrected chi connectivity index (χ4v) is 2.08. The molecule has 0 aliphatic heterocycles. The highest BCUT2D eigenvalue weighted by Crippen LogP contribution is 2.29. The Kier molecular flexibility index (Phi) is 4.94. The van der Waals surface area contributed by atoms with E-state index in [9.17, 15) is 0 Å². The zero-order chi connectivity index (χ0) is 13.7. The minimum absolute atomic E-state index is 0.433. The second-order valence-corrected chi connectivity index (χ2v) is 4.74. The molecule has 100 valence electrons. The standard InChI is InChI=1S/C15H14Cl2O2/c1-18-14-6-5-11(9-16)8-15(14)19-10-12-3-2-4-13(17)7-12/h2-8H,9-10H2,1H3. The van der Waals surface area contributed by atoms with Gasteiger partial charge in [-0.3, -0.25) is 0 Å². The summed E-state index contributed by atoms with van der Waals surface area (Å²) in [5.74, 6) is 1.81. The number of rotatable bonds is 5. The molecule has 19 heavy (non-hydrogen) atoms. The van der Waals surface area contributed by atoms with Crippen LogP contribution in [0.3, 0.4) is 0 Å². The third-order valence-electron chi connectivity index (χ3n) is 2.67. The van der Waals surface area contributed by atoms with E-state index in [-0.39, 0.29) is 0 Å². The van der Waals surface area contributed by atoms with Crippen LogP contribution < -0.4 is 9.47 Å². The van der Waals surface area contributed by atoms with Gasteiger partial charge in [0.1, 0.15) is 6.61 Å². The van der Waals surface area contributed by atoms with E-state index in [1.165, 1.54) is 0 Å². The molecular weight excluding hydrogens is 283 g/mol. The molecule has 0 atom stereocenters. The van der Waals surface area contributed by atoms with Gasteiger partial charge in [0.05, 0.1) is 7.11 Å². The topological polar surface area (TPSA) is 18.5 Å². The Morgan fingerprint density at radius 1 is 1.00 bits per heavy atom. The molecule has 0 heterocycles. The van der Waals surface area contributed by atoms with Crippen molar-refractivity contribution >= 4 is 23.2 Å². The number of ether oxygens (including phenoxy) is 2. The van der Waals surface area contributed by atoms with Crippen LogP contribution in [0, 0.1) is 0 Å². The molecule has 0 amide bonds. The summed E-state index contributed by atoms with van der Waals surface area (Å²) in [5.41, 5.74) is 1.99. The van der Waals surface area contributed by atoms with Crippen molar-refractivity contribution in [3.05, 3.63) is 58.6 Å². The number of halogens is 2. The molecule has 4 heteroatoms. The average Bonchev–Trinajstić information content (AvgIpc) is 2.45. The highest BCUT2D eigenvalue weighted by Gasteiger charge is 2.06. The maximum absolute atomic E-state index is 5.94. The summed E-state index contributed by atoms with van der Waals surface area (Å²) in [4.78, 5) is 0. The van der Waals surface area contributed by atoms with E-state index in [0.717, 1.165) is 11.1 Å². The average molecular weight is 297 g/mol. The van der Waals surface area contributed by atoms with Gasteiger partial charge in [-0.25, -0.2) is 0 Å². The van der Waals surface area contributed by atoms with E-state index in [2.05, 4.69) is 0 Å². The molecule has 0 aromatic heterocycles. The molecule has 0 radical (unpaired) electrons. The van der Waals surface area contributed by atoms with Crippen LogP contribution in [0.2, 0.25) is 5.02 Å². The monoisotopic (exact) mass is 296 g/mol. The summed E-state index contributed by atoms with van der Waals surface area (Å²) in [6.07, 6.45) is 0. The van der Waals surface area contributed by atoms with Crippen LogP contribution >= 0.6 is 23.2 Å². The molecule has 0 aliphatic carbocycles. The van der Waals surface area contributed by atoms with E-state index in [4.69, 9.17) is 32.7 Å². The van der Waals surface area contributed by atoms with E-state index in [1.807, 2.05) is 42.5 Å². The van der Waals surface area contributed by atoms with Crippen LogP contribution in [-0.2, 0) is 12.5 Å². The fraction of sp³-hybridized carbons (Fsp3) is 0.200. The Balaban J connectivity index is 2.14. The lowest BCUT2D eigenvalue weighted by atomic mass is 10.2. The van der Waals surface area contributed by atoms with Crippen molar-refractivity contribution in [1.82, 2.24) is 0 Å². The first-order chi connectivity index (χ1) is 9.22. The maximum Gasteiger partial charge on any atom is 0.161 e. The predicted octanol–water partition coefficient (Wildman–Crippen LogP) is 4.67. The molecule has 0 saturated carbocycles. The first-order valence-corrected chi connectivity index (χ1v) is 6.74. The minimum Gasteiger partial charge on any atom is -0.493 e. The third-order valence-corrected chi connectivity index (χ3v) is 3.21. The van der Waals surface area contributed by atoms with Gasteiger partial charge in [0.15, 0.2) is 11.5 Å². The number of benzene rings is 2. The Morgan fingerprint density at radius 3 is 2.53 bits per heavy atom. The molecule has 0 N–H and O–H groups in total. The van der Waals surface area contributed by atoms with Crippen molar-refractivity contribution in [2.24, 2.45) is 0 Å². The zero-order valence-corrected chi connectivity index (χ0v) is 12.0. The molecular formula is C15H14Cl2O2. The molecule has 0 aliphatic rings. The van der Waals surface area contributed by atoms with Gasteiger partial charge in [-0.2, -0.15) is 0 Å². The lowest BCUT2D eigenvalue weighted by Gasteiger charge is -2.12. The van der Waals surface area contributed by atoms with Crippen LogP contribution in [0.15, 0.2) is 42.5 Å². The van der Waals surface area contributed by atoms with Crippen molar-refractivity contribution in [3.8, 4) is 11.5 Å². The van der Waals surface area contributed by atoms with Crippen LogP contribution in [0.25, 0.3) is 0 Å². The summed E-state index contributed by atoms with van der Waals surface area (Å²) in [7, 11) is 1.61. The second-order valence-electron chi connectivity index (χ2n) is 4.04. The molecule has 0 fully saturated rings. The lowest BCUT2D eigenvalue weighted by Crippen LogP contribution is -1.98. The van der Waals surface area contributed by atoms with Crippen molar-refractivity contribution in [3.63, 3.8) is 0 Å². The van der Waals surface area contributed by atoms with Crippen molar-refractivity contribution in [2.75, 3.05) is 7.11 Å². The number of alkyl halides is 1. The third kappa shape index (κ3) is 3.79. The second kappa shape index (κ2) is 6.69. The highest BCUT2D eigenvalue weighted by molar-refractivity contribution is 6.30. The van der Waals surface area contributed by atoms with Crippen LogP contribution in [0.4, 0.5) is 0 Å². The number of hydrogen-bond donors (Lipinski definition) is 0. The van der Waals surface area contributed by atoms with Crippen molar-refractivity contribution < 1.29 is 9.47 Å². The predicted molar refractivity (Wildman–Crippen MR) is 78.3 cm³/mol. The van der Waals surface area contributed by atoms with Gasteiger partial charge < -0.3 is 9.47 Å². The Morgan fingerprint density at radius 2 is 1.84 bits per heavy atom. The summed E-state index contributed by atoms with van der Waals surface area (Å²) in [6, 6.07) is 13.2. The molecule has 0 saturated heterocycles. The van der Waals surface area contributed by atoms with Crippen LogP contribution in [0.5, 0.6) is 11.5 Å². The van der Waals surface area contributed by atoms with Crippen molar-refractivity contribution in [2.45, 2.75) is 12.5 Å². The largest absolute Gasteiger partial charge is 0.493 e. The first kappa shape index (κ1) is 14.0. The quantitative estimate of drug-likeness (QED) is 0.747. The van der Waals surface area contributed by atoms with Crippen LogP contribution in [0.1, 0.15) is 11.1 Å². The Labute approximate surface area is 122 Å². The van der Waals surface area contributed by atoms with E-state index in [0.29, 0.717) is 29.0 Å². The fourth-order valence-electron chi connectivity index (χ4n) is 1.70. The summed E-state index contributed by atoms with van der Waals surface area (Å²) in [6.45, 7) is 0.433. The van der Waals surface area contributed by atoms with Gasteiger partial charge >= 0.3 is 0 Å². The summed E-state index contributed by atoms with van der Waals surface area (Å²) in [5, 5.41) is 0.697. The van der Waals surface area contributed by atoms with Gasteiger partial charge in [0, 0.05) is 10.9 Å². The molecule has 2 nitrogen and oxygen atoms in total. The van der Waals surface area contributed by atoms with E-state index < -0.39 is 0 Å². The molecule has 2 aromatic rings. The van der Waals surface area contributed by atoms with Gasteiger partial charge in [0.25, 0.3) is 0 Å². The molecule has 2 rings (SSSR count). The van der Waals surface area contributed by atoms with Gasteiger partial charge in [0.2, 0.25) is 0 Å². The molecule has 0 spiro atoms. The van der Waals surface area contributed by atoms with Crippen molar-refractivity contribution in [1.29, 1.82) is 0 Å². The number of methoxy groups -OCH3 is 1. The summed E-state index contributed by atoms with van der Waals surface area (Å²) >= 11 is 11.8. The van der Waals surface area contributed by atoms with Gasteiger partial charge in [-0.15, -0.1) is 11.6 Å². The van der Waals surface area contributed by atoms with Gasteiger partial charge in [-0.1, -0.05) is 29.8 Å². The maximum atomic E-state index is 5.94. The molecule has 0 unspecified atom stereocenters. The first-order valence-electron chi connectivity index (χ1n) is 5.83. The Bertz CT molecular complexity index is 556. The Hall–Kier alpha value is -1.38. The SMILES string of the molecule is COc1ccc(CCl)cc1OCc1cccc(Cl)c1. The normalized spacial score (nSPS) is 10.3. The zero-order valence-electron chi connectivity index (χ0n) is 10.5. The van der Waals surface area contributed by atoms with Gasteiger partial charge in [-0.05, 0) is 35.4 Å². The lowest BCUT2D eigenvalue weighted by molar-refractivity contribution is 0.284.